The van der Waals surface area contributed by atoms with E-state index in [4.69, 9.17) is 23.2 Å². The first kappa shape index (κ1) is 19.7. The summed E-state index contributed by atoms with van der Waals surface area (Å²) in [6.45, 7) is 1.54. The van der Waals surface area contributed by atoms with Crippen molar-refractivity contribution in [3.05, 3.63) is 71.0 Å². The van der Waals surface area contributed by atoms with Gasteiger partial charge in [-0.2, -0.15) is 0 Å². The maximum Gasteiger partial charge on any atom is 0.227 e. The highest BCUT2D eigenvalue weighted by atomic mass is 35.5. The topological polar surface area (TPSA) is 58.1 Å². The molecule has 0 spiro atoms. The molecule has 5 nitrogen and oxygen atoms in total. The van der Waals surface area contributed by atoms with Crippen molar-refractivity contribution in [2.24, 2.45) is 5.92 Å². The zero-order valence-corrected chi connectivity index (χ0v) is 17.2. The number of hydrogen-bond donors (Lipinski definition) is 1. The largest absolute Gasteiger partial charge is 0.356 e. The summed E-state index contributed by atoms with van der Waals surface area (Å²) >= 11 is 12.0. The van der Waals surface area contributed by atoms with Crippen LogP contribution in [0.25, 0.3) is 11.3 Å². The van der Waals surface area contributed by atoms with Crippen LogP contribution in [0.1, 0.15) is 12.8 Å². The Morgan fingerprint density at radius 3 is 2.45 bits per heavy atom. The number of anilines is 2. The SMILES string of the molecule is O=C(Nc1ccc(Cl)c(Cl)c1)C1CCN(c2cc(-c3ccccc3)ncn2)CC1. The predicted molar refractivity (Wildman–Crippen MR) is 117 cm³/mol. The number of carbonyl (C=O) groups is 1. The Morgan fingerprint density at radius 1 is 0.966 bits per heavy atom. The average Bonchev–Trinajstić information content (AvgIpc) is 2.77. The van der Waals surface area contributed by atoms with Gasteiger partial charge in [-0.05, 0) is 31.0 Å². The van der Waals surface area contributed by atoms with Gasteiger partial charge in [0.1, 0.15) is 12.1 Å². The van der Waals surface area contributed by atoms with Gasteiger partial charge in [0.05, 0.1) is 15.7 Å². The highest BCUT2D eigenvalue weighted by Gasteiger charge is 2.26. The van der Waals surface area contributed by atoms with E-state index in [2.05, 4.69) is 20.2 Å². The lowest BCUT2D eigenvalue weighted by atomic mass is 9.95. The fourth-order valence-corrected chi connectivity index (χ4v) is 3.77. The van der Waals surface area contributed by atoms with E-state index < -0.39 is 0 Å². The molecule has 3 aromatic rings. The molecule has 1 fully saturated rings. The molecule has 29 heavy (non-hydrogen) atoms. The molecular weight excluding hydrogens is 407 g/mol. The van der Waals surface area contributed by atoms with Gasteiger partial charge in [0.2, 0.25) is 5.91 Å². The molecule has 4 rings (SSSR count). The number of carbonyl (C=O) groups excluding carboxylic acids is 1. The fourth-order valence-electron chi connectivity index (χ4n) is 3.48. The summed E-state index contributed by atoms with van der Waals surface area (Å²) in [5, 5.41) is 3.84. The maximum atomic E-state index is 12.6. The van der Waals surface area contributed by atoms with Gasteiger partial charge in [0.15, 0.2) is 0 Å². The second kappa shape index (κ2) is 8.80. The van der Waals surface area contributed by atoms with E-state index in [1.807, 2.05) is 36.4 Å². The third-order valence-corrected chi connectivity index (χ3v) is 5.84. The third-order valence-electron chi connectivity index (χ3n) is 5.10. The molecule has 0 radical (unpaired) electrons. The van der Waals surface area contributed by atoms with Gasteiger partial charge in [-0.3, -0.25) is 4.79 Å². The minimum Gasteiger partial charge on any atom is -0.356 e. The van der Waals surface area contributed by atoms with Crippen LogP contribution in [0, 0.1) is 5.92 Å². The fraction of sp³-hybridized carbons (Fsp3) is 0.227. The average molecular weight is 427 g/mol. The van der Waals surface area contributed by atoms with Gasteiger partial charge in [-0.15, -0.1) is 0 Å². The maximum absolute atomic E-state index is 12.6. The number of halogens is 2. The minimum atomic E-state index is -0.0452. The van der Waals surface area contributed by atoms with Gasteiger partial charge in [-0.25, -0.2) is 9.97 Å². The molecule has 0 saturated carbocycles. The molecule has 2 heterocycles. The Bertz CT molecular complexity index is 1000. The molecule has 1 aliphatic rings. The number of benzene rings is 2. The van der Waals surface area contributed by atoms with Crippen molar-refractivity contribution >= 4 is 40.6 Å². The Morgan fingerprint density at radius 2 is 1.72 bits per heavy atom. The van der Waals surface area contributed by atoms with Crippen LogP contribution in [0.15, 0.2) is 60.9 Å². The van der Waals surface area contributed by atoms with Crippen molar-refractivity contribution in [3.63, 3.8) is 0 Å². The van der Waals surface area contributed by atoms with Crippen molar-refractivity contribution in [1.29, 1.82) is 0 Å². The molecule has 1 amide bonds. The molecule has 1 N–H and O–H groups in total. The number of nitrogens with one attached hydrogen (secondary N) is 1. The molecule has 1 aromatic heterocycles. The van der Waals surface area contributed by atoms with Gasteiger partial charge >= 0.3 is 0 Å². The van der Waals surface area contributed by atoms with Gasteiger partial charge in [-0.1, -0.05) is 53.5 Å². The lowest BCUT2D eigenvalue weighted by Gasteiger charge is -2.32. The Balaban J connectivity index is 1.38. The van der Waals surface area contributed by atoms with Crippen LogP contribution in [0.3, 0.4) is 0 Å². The van der Waals surface area contributed by atoms with Crippen LogP contribution >= 0.6 is 23.2 Å². The summed E-state index contributed by atoms with van der Waals surface area (Å²) in [5.74, 6) is 0.856. The molecule has 0 unspecified atom stereocenters. The minimum absolute atomic E-state index is 0.00991. The summed E-state index contributed by atoms with van der Waals surface area (Å²) in [6.07, 6.45) is 3.12. The Kier molecular flexibility index (Phi) is 5.97. The lowest BCUT2D eigenvalue weighted by Crippen LogP contribution is -2.38. The second-order valence-corrected chi connectivity index (χ2v) is 7.82. The van der Waals surface area contributed by atoms with Crippen LogP contribution in [-0.2, 0) is 4.79 Å². The van der Waals surface area contributed by atoms with Crippen LogP contribution < -0.4 is 10.2 Å². The van der Waals surface area contributed by atoms with Crippen LogP contribution in [-0.4, -0.2) is 29.0 Å². The molecule has 2 aromatic carbocycles. The molecule has 1 saturated heterocycles. The van der Waals surface area contributed by atoms with E-state index in [-0.39, 0.29) is 11.8 Å². The summed E-state index contributed by atoms with van der Waals surface area (Å²) in [6, 6.07) is 17.2. The molecular formula is C22H20Cl2N4O. The summed E-state index contributed by atoms with van der Waals surface area (Å²) in [5.41, 5.74) is 2.62. The van der Waals surface area contributed by atoms with E-state index in [1.54, 1.807) is 24.5 Å². The third kappa shape index (κ3) is 4.69. The summed E-state index contributed by atoms with van der Waals surface area (Å²) < 4.78 is 0. The predicted octanol–water partition coefficient (Wildman–Crippen LogP) is 5.31. The molecule has 0 atom stereocenters. The quantitative estimate of drug-likeness (QED) is 0.614. The monoisotopic (exact) mass is 426 g/mol. The van der Waals surface area contributed by atoms with Gasteiger partial charge < -0.3 is 10.2 Å². The Labute approximate surface area is 179 Å². The number of rotatable bonds is 4. The number of amides is 1. The highest BCUT2D eigenvalue weighted by molar-refractivity contribution is 6.42. The van der Waals surface area contributed by atoms with E-state index >= 15 is 0 Å². The molecule has 7 heteroatoms. The van der Waals surface area contributed by atoms with Crippen molar-refractivity contribution in [2.75, 3.05) is 23.3 Å². The lowest BCUT2D eigenvalue weighted by molar-refractivity contribution is -0.120. The molecule has 0 bridgehead atoms. The molecule has 1 aliphatic heterocycles. The standard InChI is InChI=1S/C22H20Cl2N4O/c23-18-7-6-17(12-19(18)24)27-22(29)16-8-10-28(11-9-16)21-13-20(25-14-26-21)15-4-2-1-3-5-15/h1-7,12-14,16H,8-11H2,(H,27,29). The Hall–Kier alpha value is -2.63. The normalized spacial score (nSPS) is 14.6. The number of nitrogens with zero attached hydrogens (tertiary/aromatic N) is 3. The number of aromatic nitrogens is 2. The van der Waals surface area contributed by atoms with Crippen LogP contribution in [0.5, 0.6) is 0 Å². The zero-order valence-electron chi connectivity index (χ0n) is 15.7. The molecule has 0 aliphatic carbocycles. The second-order valence-electron chi connectivity index (χ2n) is 7.01. The smallest absolute Gasteiger partial charge is 0.227 e. The first-order valence-electron chi connectivity index (χ1n) is 9.48. The van der Waals surface area contributed by atoms with Crippen molar-refractivity contribution < 1.29 is 4.79 Å². The van der Waals surface area contributed by atoms with Crippen molar-refractivity contribution in [3.8, 4) is 11.3 Å². The van der Waals surface area contributed by atoms with E-state index in [0.29, 0.717) is 15.7 Å². The first-order valence-corrected chi connectivity index (χ1v) is 10.2. The summed E-state index contributed by atoms with van der Waals surface area (Å²) in [4.78, 5) is 23.6. The molecule has 148 valence electrons. The van der Waals surface area contributed by atoms with Crippen LogP contribution in [0.4, 0.5) is 11.5 Å². The number of hydrogen-bond acceptors (Lipinski definition) is 4. The van der Waals surface area contributed by atoms with Crippen LogP contribution in [0.2, 0.25) is 10.0 Å². The van der Waals surface area contributed by atoms with E-state index in [1.165, 1.54) is 0 Å². The van der Waals surface area contributed by atoms with Gasteiger partial charge in [0, 0.05) is 36.3 Å². The van der Waals surface area contributed by atoms with Gasteiger partial charge in [0.25, 0.3) is 0 Å². The van der Waals surface area contributed by atoms with E-state index in [9.17, 15) is 4.79 Å². The number of piperidine rings is 1. The highest BCUT2D eigenvalue weighted by Crippen LogP contribution is 2.28. The summed E-state index contributed by atoms with van der Waals surface area (Å²) in [7, 11) is 0. The zero-order chi connectivity index (χ0) is 20.2. The van der Waals surface area contributed by atoms with Crippen molar-refractivity contribution in [1.82, 2.24) is 9.97 Å². The van der Waals surface area contributed by atoms with Crippen molar-refractivity contribution in [2.45, 2.75) is 12.8 Å². The first-order chi connectivity index (χ1) is 14.1. The van der Waals surface area contributed by atoms with E-state index in [0.717, 1.165) is 43.0 Å².